The first-order valence-electron chi connectivity index (χ1n) is 7.51. The quantitative estimate of drug-likeness (QED) is 0.871. The molecule has 0 aliphatic carbocycles. The molecule has 108 valence electrons. The van der Waals surface area contributed by atoms with Gasteiger partial charge in [0.1, 0.15) is 5.82 Å². The molecule has 1 aromatic heterocycles. The van der Waals surface area contributed by atoms with Gasteiger partial charge in [0.05, 0.1) is 6.04 Å². The van der Waals surface area contributed by atoms with E-state index in [4.69, 9.17) is 5.73 Å². The summed E-state index contributed by atoms with van der Waals surface area (Å²) < 4.78 is 2.15. The Balaban J connectivity index is 2.48. The molecular weight excluding hydrogens is 246 g/mol. The lowest BCUT2D eigenvalue weighted by molar-refractivity contribution is 0.306. The summed E-state index contributed by atoms with van der Waals surface area (Å²) in [7, 11) is 0. The molecule has 0 fully saturated rings. The second kappa shape index (κ2) is 6.23. The number of nitrogens with two attached hydrogens (primary N) is 1. The topological polar surface area (TPSA) is 43.8 Å². The highest BCUT2D eigenvalue weighted by Gasteiger charge is 2.38. The second-order valence-electron chi connectivity index (χ2n) is 5.28. The fraction of sp³-hybridized carbons (Fsp3) is 0.471. The molecule has 0 saturated carbocycles. The number of rotatable bonds is 6. The maximum atomic E-state index is 6.66. The maximum absolute atomic E-state index is 6.66. The van der Waals surface area contributed by atoms with Crippen LogP contribution in [0.4, 0.5) is 0 Å². The van der Waals surface area contributed by atoms with Crippen LogP contribution in [-0.4, -0.2) is 9.55 Å². The van der Waals surface area contributed by atoms with Gasteiger partial charge in [0.15, 0.2) is 0 Å². The number of nitrogens with zero attached hydrogens (tertiary/aromatic N) is 2. The summed E-state index contributed by atoms with van der Waals surface area (Å²) in [6.45, 7) is 7.46. The smallest absolute Gasteiger partial charge is 0.126 e. The summed E-state index contributed by atoms with van der Waals surface area (Å²) in [6, 6.07) is 10.5. The molecule has 2 N–H and O–H groups in total. The third-order valence-electron chi connectivity index (χ3n) is 4.57. The Morgan fingerprint density at radius 2 is 1.80 bits per heavy atom. The van der Waals surface area contributed by atoms with Crippen LogP contribution in [-0.2, 0) is 12.0 Å². The molecule has 1 heterocycles. The van der Waals surface area contributed by atoms with Crippen LogP contribution in [0.15, 0.2) is 42.7 Å². The fourth-order valence-electron chi connectivity index (χ4n) is 3.16. The molecule has 3 heteroatoms. The number of benzene rings is 1. The third kappa shape index (κ3) is 2.38. The molecule has 0 amide bonds. The van der Waals surface area contributed by atoms with Gasteiger partial charge < -0.3 is 10.3 Å². The first-order chi connectivity index (χ1) is 9.69. The second-order valence-corrected chi connectivity index (χ2v) is 5.28. The van der Waals surface area contributed by atoms with Crippen molar-refractivity contribution in [3.05, 3.63) is 54.1 Å². The van der Waals surface area contributed by atoms with Crippen molar-refractivity contribution in [1.82, 2.24) is 9.55 Å². The molecule has 0 saturated heterocycles. The predicted octanol–water partition coefficient (Wildman–Crippen LogP) is 3.66. The normalized spacial score (nSPS) is 13.4. The van der Waals surface area contributed by atoms with E-state index in [1.54, 1.807) is 0 Å². The third-order valence-corrected chi connectivity index (χ3v) is 4.57. The van der Waals surface area contributed by atoms with Crippen molar-refractivity contribution in [1.29, 1.82) is 0 Å². The van der Waals surface area contributed by atoms with Gasteiger partial charge in [-0.15, -0.1) is 0 Å². The predicted molar refractivity (Wildman–Crippen MR) is 83.5 cm³/mol. The number of hydrogen-bond donors (Lipinski definition) is 1. The zero-order valence-corrected chi connectivity index (χ0v) is 12.7. The molecule has 3 nitrogen and oxygen atoms in total. The van der Waals surface area contributed by atoms with Crippen LogP contribution < -0.4 is 5.73 Å². The number of aryl methyl sites for hydroxylation is 1. The summed E-state index contributed by atoms with van der Waals surface area (Å²) >= 11 is 0. The number of aromatic nitrogens is 2. The highest BCUT2D eigenvalue weighted by molar-refractivity contribution is 5.29. The first kappa shape index (κ1) is 14.8. The van der Waals surface area contributed by atoms with Crippen molar-refractivity contribution >= 4 is 0 Å². The Kier molecular flexibility index (Phi) is 4.61. The first-order valence-corrected chi connectivity index (χ1v) is 7.51. The fourth-order valence-corrected chi connectivity index (χ4v) is 3.16. The lowest BCUT2D eigenvalue weighted by atomic mass is 9.70. The Bertz CT molecular complexity index is 526. The number of hydrogen-bond acceptors (Lipinski definition) is 2. The molecule has 0 bridgehead atoms. The van der Waals surface area contributed by atoms with Crippen molar-refractivity contribution in [3.8, 4) is 0 Å². The van der Waals surface area contributed by atoms with E-state index < -0.39 is 0 Å². The minimum absolute atomic E-state index is 0.0560. The van der Waals surface area contributed by atoms with Crippen LogP contribution in [0.25, 0.3) is 0 Å². The van der Waals surface area contributed by atoms with E-state index in [-0.39, 0.29) is 11.5 Å². The van der Waals surface area contributed by atoms with Gasteiger partial charge in [-0.3, -0.25) is 0 Å². The Morgan fingerprint density at radius 3 is 2.35 bits per heavy atom. The standard InChI is InChI=1S/C17H25N3/c1-4-17(5-2,14-10-8-7-9-11-14)15(18)16-19-12-13-20(16)6-3/h7-13,15H,4-6,18H2,1-3H3. The summed E-state index contributed by atoms with van der Waals surface area (Å²) in [5.74, 6) is 0.986. The SMILES string of the molecule is CCn1ccnc1C(N)C(CC)(CC)c1ccccc1. The van der Waals surface area contributed by atoms with Gasteiger partial charge in [-0.25, -0.2) is 4.98 Å². The zero-order valence-electron chi connectivity index (χ0n) is 12.7. The molecule has 0 spiro atoms. The van der Waals surface area contributed by atoms with Gasteiger partial charge >= 0.3 is 0 Å². The van der Waals surface area contributed by atoms with Gasteiger partial charge in [0.25, 0.3) is 0 Å². The zero-order chi connectivity index (χ0) is 14.6. The lowest BCUT2D eigenvalue weighted by Crippen LogP contribution is -2.39. The summed E-state index contributed by atoms with van der Waals surface area (Å²) in [6.07, 6.45) is 5.87. The van der Waals surface area contributed by atoms with Gasteiger partial charge in [-0.05, 0) is 25.3 Å². The Labute approximate surface area is 121 Å². The largest absolute Gasteiger partial charge is 0.334 e. The van der Waals surface area contributed by atoms with E-state index in [2.05, 4.69) is 60.7 Å². The average Bonchev–Trinajstić information content (AvgIpc) is 2.98. The minimum Gasteiger partial charge on any atom is -0.334 e. The molecule has 20 heavy (non-hydrogen) atoms. The van der Waals surface area contributed by atoms with Crippen LogP contribution in [0.2, 0.25) is 0 Å². The van der Waals surface area contributed by atoms with Gasteiger partial charge in [-0.2, -0.15) is 0 Å². The van der Waals surface area contributed by atoms with Crippen LogP contribution >= 0.6 is 0 Å². The van der Waals surface area contributed by atoms with Gasteiger partial charge in [-0.1, -0.05) is 44.2 Å². The van der Waals surface area contributed by atoms with Gasteiger partial charge in [0, 0.05) is 24.4 Å². The molecule has 0 radical (unpaired) electrons. The van der Waals surface area contributed by atoms with Crippen molar-refractivity contribution in [2.24, 2.45) is 5.73 Å². The molecule has 2 rings (SSSR count). The molecule has 0 aliphatic rings. The minimum atomic E-state index is -0.0881. The van der Waals surface area contributed by atoms with E-state index in [0.29, 0.717) is 0 Å². The molecule has 1 atom stereocenters. The van der Waals surface area contributed by atoms with Crippen LogP contribution in [0.3, 0.4) is 0 Å². The highest BCUT2D eigenvalue weighted by Crippen LogP contribution is 2.41. The summed E-state index contributed by atoms with van der Waals surface area (Å²) in [4.78, 5) is 4.51. The van der Waals surface area contributed by atoms with Crippen molar-refractivity contribution in [2.45, 2.75) is 51.6 Å². The van der Waals surface area contributed by atoms with E-state index in [0.717, 1.165) is 25.2 Å². The lowest BCUT2D eigenvalue weighted by Gasteiger charge is -2.38. The maximum Gasteiger partial charge on any atom is 0.126 e. The molecular formula is C17H25N3. The van der Waals surface area contributed by atoms with E-state index in [1.807, 2.05) is 12.4 Å². The highest BCUT2D eigenvalue weighted by atomic mass is 15.1. The summed E-state index contributed by atoms with van der Waals surface area (Å²) in [5.41, 5.74) is 7.92. The average molecular weight is 271 g/mol. The van der Waals surface area contributed by atoms with Crippen LogP contribution in [0, 0.1) is 0 Å². The van der Waals surface area contributed by atoms with Gasteiger partial charge in [0.2, 0.25) is 0 Å². The number of imidazole rings is 1. The molecule has 1 aromatic carbocycles. The Hall–Kier alpha value is -1.61. The molecule has 2 aromatic rings. The van der Waals surface area contributed by atoms with Crippen LogP contribution in [0.5, 0.6) is 0 Å². The monoisotopic (exact) mass is 271 g/mol. The van der Waals surface area contributed by atoms with E-state index in [1.165, 1.54) is 5.56 Å². The van der Waals surface area contributed by atoms with Crippen LogP contribution in [0.1, 0.15) is 51.0 Å². The van der Waals surface area contributed by atoms with Crippen molar-refractivity contribution in [2.75, 3.05) is 0 Å². The van der Waals surface area contributed by atoms with Crippen molar-refractivity contribution in [3.63, 3.8) is 0 Å². The molecule has 0 aliphatic heterocycles. The van der Waals surface area contributed by atoms with E-state index in [9.17, 15) is 0 Å². The van der Waals surface area contributed by atoms with Crippen molar-refractivity contribution < 1.29 is 0 Å². The Morgan fingerprint density at radius 1 is 1.15 bits per heavy atom. The molecule has 1 unspecified atom stereocenters. The van der Waals surface area contributed by atoms with E-state index >= 15 is 0 Å². The summed E-state index contributed by atoms with van der Waals surface area (Å²) in [5, 5.41) is 0.